The van der Waals surface area contributed by atoms with Gasteiger partial charge in [0, 0.05) is 24.5 Å². The number of aromatic hydroxyl groups is 1. The number of benzene rings is 2. The average molecular weight is 353 g/mol. The number of H-pyrrole nitrogens is 1. The van der Waals surface area contributed by atoms with Crippen LogP contribution in [0, 0.1) is 0 Å². The van der Waals surface area contributed by atoms with E-state index in [9.17, 15) is 9.90 Å². The number of nitrogens with zero attached hydrogens (tertiary/aromatic N) is 1. The standard InChI is InChI=1S/C19H19N3O2S/c1-22-15-7-4-8-16(23)18(15)25-17(22)9-10-20-19(24)14-11-12-5-2-3-6-13(12)21-14/h2-8,11,17,21,23H,9-10H2,1H3,(H,20,24). The Morgan fingerprint density at radius 2 is 2.12 bits per heavy atom. The van der Waals surface area contributed by atoms with Crippen LogP contribution in [0.15, 0.2) is 53.4 Å². The van der Waals surface area contributed by atoms with Crippen molar-refractivity contribution in [3.63, 3.8) is 0 Å². The number of amides is 1. The van der Waals surface area contributed by atoms with Gasteiger partial charge in [-0.2, -0.15) is 0 Å². The molecule has 3 aromatic rings. The van der Waals surface area contributed by atoms with E-state index in [-0.39, 0.29) is 11.3 Å². The zero-order chi connectivity index (χ0) is 17.4. The van der Waals surface area contributed by atoms with Gasteiger partial charge < -0.3 is 20.3 Å². The van der Waals surface area contributed by atoms with Crippen molar-refractivity contribution < 1.29 is 9.90 Å². The second-order valence-electron chi connectivity index (χ2n) is 6.12. The quantitative estimate of drug-likeness (QED) is 0.671. The predicted octanol–water partition coefficient (Wildman–Crippen LogP) is 3.56. The minimum absolute atomic E-state index is 0.0952. The Labute approximate surface area is 150 Å². The van der Waals surface area contributed by atoms with Gasteiger partial charge in [0.25, 0.3) is 5.91 Å². The number of hydrogen-bond acceptors (Lipinski definition) is 4. The largest absolute Gasteiger partial charge is 0.507 e. The summed E-state index contributed by atoms with van der Waals surface area (Å²) in [6.07, 6.45) is 0.793. The molecule has 25 heavy (non-hydrogen) atoms. The van der Waals surface area contributed by atoms with Crippen molar-refractivity contribution >= 4 is 34.3 Å². The first-order chi connectivity index (χ1) is 12.1. The number of anilines is 1. The molecule has 1 aliphatic rings. The molecule has 1 atom stereocenters. The Kier molecular flexibility index (Phi) is 4.05. The van der Waals surface area contributed by atoms with E-state index < -0.39 is 0 Å². The molecule has 0 radical (unpaired) electrons. The molecule has 0 spiro atoms. The van der Waals surface area contributed by atoms with Gasteiger partial charge in [0.2, 0.25) is 0 Å². The van der Waals surface area contributed by atoms with Crippen molar-refractivity contribution in [3.8, 4) is 5.75 Å². The molecule has 3 N–H and O–H groups in total. The third-order valence-corrected chi connectivity index (χ3v) is 5.97. The van der Waals surface area contributed by atoms with E-state index in [1.807, 2.05) is 49.5 Å². The minimum atomic E-state index is -0.0952. The summed E-state index contributed by atoms with van der Waals surface area (Å²) in [5, 5.41) is 14.2. The van der Waals surface area contributed by atoms with Gasteiger partial charge in [-0.15, -0.1) is 0 Å². The highest BCUT2D eigenvalue weighted by Gasteiger charge is 2.29. The minimum Gasteiger partial charge on any atom is -0.507 e. The fourth-order valence-corrected chi connectivity index (χ4v) is 4.44. The van der Waals surface area contributed by atoms with Gasteiger partial charge in [-0.05, 0) is 30.7 Å². The lowest BCUT2D eigenvalue weighted by molar-refractivity contribution is 0.0949. The van der Waals surface area contributed by atoms with Crippen LogP contribution in [0.3, 0.4) is 0 Å². The van der Waals surface area contributed by atoms with Crippen LogP contribution in [0.5, 0.6) is 5.75 Å². The molecule has 0 saturated heterocycles. The van der Waals surface area contributed by atoms with Gasteiger partial charge in [-0.1, -0.05) is 36.0 Å². The number of phenols is 1. The third kappa shape index (κ3) is 2.93. The molecule has 2 heterocycles. The summed E-state index contributed by atoms with van der Waals surface area (Å²) in [6.45, 7) is 0.574. The van der Waals surface area contributed by atoms with E-state index in [1.165, 1.54) is 0 Å². The molecule has 1 aliphatic heterocycles. The molecule has 128 valence electrons. The van der Waals surface area contributed by atoms with Crippen molar-refractivity contribution in [2.75, 3.05) is 18.5 Å². The molecule has 5 nitrogen and oxygen atoms in total. The van der Waals surface area contributed by atoms with Crippen LogP contribution in [-0.2, 0) is 0 Å². The number of fused-ring (bicyclic) bond motifs is 2. The molecule has 0 aliphatic carbocycles. The van der Waals surface area contributed by atoms with Gasteiger partial charge in [-0.25, -0.2) is 0 Å². The third-order valence-electron chi connectivity index (χ3n) is 4.49. The number of carbonyl (C=O) groups is 1. The van der Waals surface area contributed by atoms with Crippen molar-refractivity contribution in [2.45, 2.75) is 16.7 Å². The Bertz CT molecular complexity index is 904. The number of nitrogens with one attached hydrogen (secondary N) is 2. The lowest BCUT2D eigenvalue weighted by atomic mass is 10.2. The number of phenolic OH excluding ortho intramolecular Hbond substituents is 1. The van der Waals surface area contributed by atoms with Gasteiger partial charge in [0.1, 0.15) is 11.4 Å². The molecule has 0 fully saturated rings. The number of hydrogen-bond donors (Lipinski definition) is 3. The highest BCUT2D eigenvalue weighted by molar-refractivity contribution is 8.00. The number of aromatic nitrogens is 1. The zero-order valence-corrected chi connectivity index (χ0v) is 14.6. The van der Waals surface area contributed by atoms with Gasteiger partial charge in [0.05, 0.1) is 16.0 Å². The average Bonchev–Trinajstić information content (AvgIpc) is 3.18. The summed E-state index contributed by atoms with van der Waals surface area (Å²) in [4.78, 5) is 18.5. The maximum Gasteiger partial charge on any atom is 0.267 e. The number of carbonyl (C=O) groups excluding carboxylic acids is 1. The molecule has 2 aromatic carbocycles. The van der Waals surface area contributed by atoms with Crippen molar-refractivity contribution in [2.24, 2.45) is 0 Å². The first kappa shape index (κ1) is 15.9. The summed E-state index contributed by atoms with van der Waals surface area (Å²) < 4.78 is 0. The monoisotopic (exact) mass is 353 g/mol. The first-order valence-corrected chi connectivity index (χ1v) is 9.09. The normalized spacial score (nSPS) is 16.2. The van der Waals surface area contributed by atoms with E-state index in [0.29, 0.717) is 18.0 Å². The number of thioether (sulfide) groups is 1. The second kappa shape index (κ2) is 6.37. The Balaban J connectivity index is 1.37. The molecule has 4 rings (SSSR count). The number of rotatable bonds is 4. The highest BCUT2D eigenvalue weighted by Crippen LogP contribution is 2.47. The van der Waals surface area contributed by atoms with Crippen LogP contribution in [0.25, 0.3) is 10.9 Å². The Morgan fingerprint density at radius 3 is 2.92 bits per heavy atom. The SMILES string of the molecule is CN1c2cccc(O)c2SC1CCNC(=O)c1cc2ccccc2[nH]1. The molecule has 0 saturated carbocycles. The molecule has 1 amide bonds. The maximum absolute atomic E-state index is 12.3. The van der Waals surface area contributed by atoms with Gasteiger partial charge in [0.15, 0.2) is 0 Å². The molecular formula is C19H19N3O2S. The molecular weight excluding hydrogens is 334 g/mol. The van der Waals surface area contributed by atoms with Crippen LogP contribution < -0.4 is 10.2 Å². The van der Waals surface area contributed by atoms with Gasteiger partial charge >= 0.3 is 0 Å². The topological polar surface area (TPSA) is 68.4 Å². The highest BCUT2D eigenvalue weighted by atomic mass is 32.2. The zero-order valence-electron chi connectivity index (χ0n) is 13.8. The Hall–Kier alpha value is -2.60. The molecule has 1 unspecified atom stereocenters. The van der Waals surface area contributed by atoms with Crippen molar-refractivity contribution in [1.82, 2.24) is 10.3 Å². The molecule has 6 heteroatoms. The summed E-state index contributed by atoms with van der Waals surface area (Å²) >= 11 is 1.64. The lowest BCUT2D eigenvalue weighted by Gasteiger charge is -2.21. The maximum atomic E-state index is 12.3. The van der Waals surface area contributed by atoms with E-state index in [1.54, 1.807) is 17.8 Å². The first-order valence-electron chi connectivity index (χ1n) is 8.21. The summed E-state index contributed by atoms with van der Waals surface area (Å²) in [5.74, 6) is 0.223. The van der Waals surface area contributed by atoms with Crippen molar-refractivity contribution in [3.05, 3.63) is 54.2 Å². The molecule has 0 bridgehead atoms. The number of aromatic amines is 1. The van der Waals surface area contributed by atoms with Gasteiger partial charge in [-0.3, -0.25) is 4.79 Å². The Morgan fingerprint density at radius 1 is 1.28 bits per heavy atom. The smallest absolute Gasteiger partial charge is 0.267 e. The van der Waals surface area contributed by atoms with Crippen molar-refractivity contribution in [1.29, 1.82) is 0 Å². The van der Waals surface area contributed by atoms with E-state index in [2.05, 4.69) is 15.2 Å². The van der Waals surface area contributed by atoms with Crippen LogP contribution >= 0.6 is 11.8 Å². The summed E-state index contributed by atoms with van der Waals surface area (Å²) in [6, 6.07) is 15.3. The number of para-hydroxylation sites is 1. The van der Waals surface area contributed by atoms with Crippen LogP contribution in [0.1, 0.15) is 16.9 Å². The summed E-state index contributed by atoms with van der Waals surface area (Å²) in [7, 11) is 2.02. The van der Waals surface area contributed by atoms with E-state index in [4.69, 9.17) is 0 Å². The fraction of sp³-hybridized carbons (Fsp3) is 0.211. The van der Waals surface area contributed by atoms with Crippen LogP contribution in [-0.4, -0.2) is 35.0 Å². The van der Waals surface area contributed by atoms with Crippen LogP contribution in [0.2, 0.25) is 0 Å². The molecule has 1 aromatic heterocycles. The lowest BCUT2D eigenvalue weighted by Crippen LogP contribution is -2.31. The second-order valence-corrected chi connectivity index (χ2v) is 7.31. The van der Waals surface area contributed by atoms with E-state index >= 15 is 0 Å². The fourth-order valence-electron chi connectivity index (χ4n) is 3.13. The summed E-state index contributed by atoms with van der Waals surface area (Å²) in [5.41, 5.74) is 2.58. The predicted molar refractivity (Wildman–Crippen MR) is 101 cm³/mol. The van der Waals surface area contributed by atoms with E-state index in [0.717, 1.165) is 27.9 Å². The van der Waals surface area contributed by atoms with Crippen LogP contribution in [0.4, 0.5) is 5.69 Å².